The molecule has 18 heavy (non-hydrogen) atoms. The van der Waals surface area contributed by atoms with E-state index < -0.39 is 5.97 Å². The van der Waals surface area contributed by atoms with Gasteiger partial charge in [-0.1, -0.05) is 13.8 Å². The van der Waals surface area contributed by atoms with Crippen LogP contribution in [-0.4, -0.2) is 42.9 Å². The number of Topliss-reactive ketones (excluding diaryl/α,β-unsaturated/α-hetero) is 1. The van der Waals surface area contributed by atoms with Crippen LogP contribution in [0.4, 0.5) is 0 Å². The molecule has 0 aromatic rings. The summed E-state index contributed by atoms with van der Waals surface area (Å²) in [4.78, 5) is 24.7. The first-order valence-electron chi connectivity index (χ1n) is 6.26. The van der Waals surface area contributed by atoms with Gasteiger partial charge in [-0.05, 0) is 12.8 Å². The van der Waals surface area contributed by atoms with Crippen LogP contribution in [0.3, 0.4) is 0 Å². The third kappa shape index (κ3) is 8.71. The van der Waals surface area contributed by atoms with Crippen molar-refractivity contribution < 1.29 is 14.3 Å². The van der Waals surface area contributed by atoms with Gasteiger partial charge >= 0.3 is 5.97 Å². The number of hydrogen-bond acceptors (Lipinski definition) is 5. The first kappa shape index (κ1) is 16.6. The Kier molecular flexibility index (Phi) is 8.85. The molecule has 0 fully saturated rings. The van der Waals surface area contributed by atoms with Crippen molar-refractivity contribution in [3.8, 4) is 6.07 Å². The number of nitrogens with zero attached hydrogens (tertiary/aromatic N) is 2. The molecular weight excluding hydrogens is 232 g/mol. The second kappa shape index (κ2) is 9.60. The highest BCUT2D eigenvalue weighted by atomic mass is 16.5. The molecule has 0 aliphatic rings. The first-order chi connectivity index (χ1) is 8.49. The molecule has 0 aromatic carbocycles. The van der Waals surface area contributed by atoms with Gasteiger partial charge in [0.05, 0.1) is 19.2 Å². The third-order valence-electron chi connectivity index (χ3n) is 2.21. The molecule has 0 radical (unpaired) electrons. The number of nitriles is 1. The van der Waals surface area contributed by atoms with Gasteiger partial charge in [0, 0.05) is 19.5 Å². The molecule has 0 saturated heterocycles. The fraction of sp³-hybridized carbons (Fsp3) is 0.769. The van der Waals surface area contributed by atoms with E-state index in [1.54, 1.807) is 6.92 Å². The van der Waals surface area contributed by atoms with Crippen molar-refractivity contribution in [3.05, 3.63) is 0 Å². The van der Waals surface area contributed by atoms with Crippen LogP contribution in [0.2, 0.25) is 0 Å². The summed E-state index contributed by atoms with van der Waals surface area (Å²) in [5.74, 6) is -0.224. The summed E-state index contributed by atoms with van der Waals surface area (Å²) in [5.41, 5.74) is 0. The minimum Gasteiger partial charge on any atom is -0.466 e. The van der Waals surface area contributed by atoms with Crippen LogP contribution in [0.25, 0.3) is 0 Å². The predicted molar refractivity (Wildman–Crippen MR) is 67.8 cm³/mol. The number of carbonyl (C=O) groups is 2. The van der Waals surface area contributed by atoms with Crippen molar-refractivity contribution in [1.82, 2.24) is 4.90 Å². The van der Waals surface area contributed by atoms with E-state index in [0.717, 1.165) is 6.54 Å². The predicted octanol–water partition coefficient (Wildman–Crippen LogP) is 1.38. The smallest absolute Gasteiger partial charge is 0.313 e. The summed E-state index contributed by atoms with van der Waals surface area (Å²) >= 11 is 0. The number of carbonyl (C=O) groups excluding carboxylic acids is 2. The zero-order valence-electron chi connectivity index (χ0n) is 11.4. The minimum atomic E-state index is -0.479. The van der Waals surface area contributed by atoms with Crippen LogP contribution in [0, 0.1) is 17.2 Å². The topological polar surface area (TPSA) is 70.4 Å². The molecule has 0 bridgehead atoms. The Labute approximate surface area is 109 Å². The average Bonchev–Trinajstić information content (AvgIpc) is 2.25. The SMILES string of the molecule is CCOC(=O)CC(=O)CN(CCC#N)CC(C)C. The lowest BCUT2D eigenvalue weighted by Crippen LogP contribution is -2.34. The lowest BCUT2D eigenvalue weighted by molar-refractivity contribution is -0.145. The van der Waals surface area contributed by atoms with Crippen LogP contribution < -0.4 is 0 Å². The van der Waals surface area contributed by atoms with Crippen molar-refractivity contribution in [2.24, 2.45) is 5.92 Å². The van der Waals surface area contributed by atoms with Crippen LogP contribution in [0.15, 0.2) is 0 Å². The summed E-state index contributed by atoms with van der Waals surface area (Å²) in [6.07, 6.45) is 0.203. The van der Waals surface area contributed by atoms with Crippen molar-refractivity contribution >= 4 is 11.8 Å². The normalized spacial score (nSPS) is 10.4. The Balaban J connectivity index is 4.17. The second-order valence-electron chi connectivity index (χ2n) is 4.56. The molecule has 0 atom stereocenters. The van der Waals surface area contributed by atoms with Gasteiger partial charge in [-0.2, -0.15) is 5.26 Å². The van der Waals surface area contributed by atoms with Crippen molar-refractivity contribution in [1.29, 1.82) is 5.26 Å². The number of esters is 1. The molecule has 0 rings (SSSR count). The van der Waals surface area contributed by atoms with Crippen LogP contribution >= 0.6 is 0 Å². The Morgan fingerprint density at radius 2 is 2.06 bits per heavy atom. The van der Waals surface area contributed by atoms with Crippen LogP contribution in [-0.2, 0) is 14.3 Å². The van der Waals surface area contributed by atoms with Gasteiger partial charge in [0.15, 0.2) is 5.78 Å². The summed E-state index contributed by atoms with van der Waals surface area (Å²) in [6.45, 7) is 7.61. The molecule has 0 unspecified atom stereocenters. The fourth-order valence-electron chi connectivity index (χ4n) is 1.64. The maximum absolute atomic E-state index is 11.7. The third-order valence-corrected chi connectivity index (χ3v) is 2.21. The average molecular weight is 254 g/mol. The van der Waals surface area contributed by atoms with Gasteiger partial charge in [0.25, 0.3) is 0 Å². The summed E-state index contributed by atoms with van der Waals surface area (Å²) in [5, 5.41) is 8.56. The molecule has 102 valence electrons. The van der Waals surface area contributed by atoms with Crippen LogP contribution in [0.5, 0.6) is 0 Å². The van der Waals surface area contributed by atoms with E-state index in [4.69, 9.17) is 10.00 Å². The highest BCUT2D eigenvalue weighted by Gasteiger charge is 2.15. The van der Waals surface area contributed by atoms with Crippen LogP contribution in [0.1, 0.15) is 33.6 Å². The quantitative estimate of drug-likeness (QED) is 0.459. The molecule has 0 aromatic heterocycles. The molecule has 0 N–H and O–H groups in total. The standard InChI is InChI=1S/C13H22N2O3/c1-4-18-13(17)8-12(16)10-15(7-5-6-14)9-11(2)3/h11H,4-5,7-10H2,1-3H3. The van der Waals surface area contributed by atoms with E-state index in [9.17, 15) is 9.59 Å². The fourth-order valence-corrected chi connectivity index (χ4v) is 1.64. The molecule has 0 amide bonds. The molecule has 0 aliphatic heterocycles. The van der Waals surface area contributed by atoms with Gasteiger partial charge in [-0.3, -0.25) is 14.5 Å². The Hall–Kier alpha value is -1.41. The van der Waals surface area contributed by atoms with Crippen molar-refractivity contribution in [3.63, 3.8) is 0 Å². The van der Waals surface area contributed by atoms with Gasteiger partial charge < -0.3 is 4.74 Å². The summed E-state index contributed by atoms with van der Waals surface area (Å²) in [7, 11) is 0. The lowest BCUT2D eigenvalue weighted by atomic mass is 10.2. The number of rotatable bonds is 9. The second-order valence-corrected chi connectivity index (χ2v) is 4.56. The first-order valence-corrected chi connectivity index (χ1v) is 6.26. The molecule has 0 saturated carbocycles. The summed E-state index contributed by atoms with van der Waals surface area (Å²) in [6, 6.07) is 2.06. The largest absolute Gasteiger partial charge is 0.466 e. The van der Waals surface area contributed by atoms with E-state index in [1.807, 2.05) is 4.90 Å². The Bertz CT molecular complexity index is 308. The van der Waals surface area contributed by atoms with Gasteiger partial charge in [-0.15, -0.1) is 0 Å². The zero-order chi connectivity index (χ0) is 14.0. The molecule has 0 spiro atoms. The number of ether oxygens (including phenoxy) is 1. The molecule has 0 aliphatic carbocycles. The van der Waals surface area contributed by atoms with E-state index >= 15 is 0 Å². The Morgan fingerprint density at radius 3 is 2.56 bits per heavy atom. The van der Waals surface area contributed by atoms with E-state index in [-0.39, 0.29) is 25.4 Å². The van der Waals surface area contributed by atoms with Crippen molar-refractivity contribution in [2.45, 2.75) is 33.6 Å². The maximum atomic E-state index is 11.7. The van der Waals surface area contributed by atoms with Gasteiger partial charge in [0.1, 0.15) is 6.42 Å². The number of hydrogen-bond donors (Lipinski definition) is 0. The highest BCUT2D eigenvalue weighted by Crippen LogP contribution is 2.01. The van der Waals surface area contributed by atoms with E-state index in [0.29, 0.717) is 18.9 Å². The maximum Gasteiger partial charge on any atom is 0.313 e. The Morgan fingerprint density at radius 1 is 1.39 bits per heavy atom. The van der Waals surface area contributed by atoms with Gasteiger partial charge in [-0.25, -0.2) is 0 Å². The molecule has 5 nitrogen and oxygen atoms in total. The van der Waals surface area contributed by atoms with Gasteiger partial charge in [0.2, 0.25) is 0 Å². The molecule has 0 heterocycles. The number of ketones is 1. The van der Waals surface area contributed by atoms with E-state index in [2.05, 4.69) is 19.9 Å². The molecule has 5 heteroatoms. The zero-order valence-corrected chi connectivity index (χ0v) is 11.4. The highest BCUT2D eigenvalue weighted by molar-refractivity contribution is 5.96. The summed E-state index contributed by atoms with van der Waals surface area (Å²) < 4.78 is 4.73. The minimum absolute atomic E-state index is 0.160. The molecular formula is C13H22N2O3. The van der Waals surface area contributed by atoms with E-state index in [1.165, 1.54) is 0 Å². The lowest BCUT2D eigenvalue weighted by Gasteiger charge is -2.22. The monoisotopic (exact) mass is 254 g/mol. The van der Waals surface area contributed by atoms with Crippen molar-refractivity contribution in [2.75, 3.05) is 26.2 Å².